The van der Waals surface area contributed by atoms with E-state index in [-0.39, 0.29) is 29.9 Å². The summed E-state index contributed by atoms with van der Waals surface area (Å²) < 4.78 is 65.5. The second kappa shape index (κ2) is 9.44. The highest BCUT2D eigenvalue weighted by Gasteiger charge is 2.31. The molecule has 3 rings (SSSR count). The van der Waals surface area contributed by atoms with Gasteiger partial charge in [0.1, 0.15) is 11.6 Å². The Morgan fingerprint density at radius 3 is 2.31 bits per heavy atom. The van der Waals surface area contributed by atoms with Gasteiger partial charge in [-0.15, -0.1) is 0 Å². The maximum absolute atomic E-state index is 14.1. The molecule has 168 valence electrons. The molecule has 0 aliphatic carbocycles. The number of aliphatic hydroxyl groups excluding tert-OH is 1. The van der Waals surface area contributed by atoms with E-state index in [1.165, 1.54) is 30.3 Å². The Hall–Kier alpha value is -3.33. The summed E-state index contributed by atoms with van der Waals surface area (Å²) in [4.78, 5) is 17.9. The molecule has 0 aliphatic rings. The van der Waals surface area contributed by atoms with E-state index in [0.717, 1.165) is 29.2 Å². The largest absolute Gasteiger partial charge is 0.417 e. The standard InChI is InChI=1S/C23H19F5N2O2/c1-14-2-9-19(12-20(14)25)30(22(32)21(31)15-3-6-17(24)7-4-15)11-10-18-8-5-16(13-29-18)23(26,27)28/h2-9,12-13,21,31H,10-11H2,1H3/t21-/m1/s1. The van der Waals surface area contributed by atoms with Crippen molar-refractivity contribution in [2.24, 2.45) is 0 Å². The molecule has 1 heterocycles. The average molecular weight is 450 g/mol. The molecule has 1 atom stereocenters. The summed E-state index contributed by atoms with van der Waals surface area (Å²) in [7, 11) is 0. The molecule has 32 heavy (non-hydrogen) atoms. The highest BCUT2D eigenvalue weighted by Crippen LogP contribution is 2.29. The van der Waals surface area contributed by atoms with Crippen molar-refractivity contribution in [3.63, 3.8) is 0 Å². The molecule has 0 radical (unpaired) electrons. The van der Waals surface area contributed by atoms with Gasteiger partial charge in [-0.1, -0.05) is 18.2 Å². The summed E-state index contributed by atoms with van der Waals surface area (Å²) in [6.45, 7) is 1.46. The Kier molecular flexibility index (Phi) is 6.88. The molecule has 0 spiro atoms. The Balaban J connectivity index is 1.86. The van der Waals surface area contributed by atoms with Crippen LogP contribution < -0.4 is 4.90 Å². The second-order valence-electron chi connectivity index (χ2n) is 7.16. The van der Waals surface area contributed by atoms with E-state index in [0.29, 0.717) is 11.8 Å². The Morgan fingerprint density at radius 2 is 1.75 bits per heavy atom. The fourth-order valence-electron chi connectivity index (χ4n) is 3.02. The number of anilines is 1. The van der Waals surface area contributed by atoms with E-state index in [9.17, 15) is 31.9 Å². The Morgan fingerprint density at radius 1 is 1.06 bits per heavy atom. The minimum atomic E-state index is -4.52. The van der Waals surface area contributed by atoms with Crippen molar-refractivity contribution in [1.29, 1.82) is 0 Å². The third-order valence-electron chi connectivity index (χ3n) is 4.90. The van der Waals surface area contributed by atoms with Crippen LogP contribution in [-0.2, 0) is 17.4 Å². The summed E-state index contributed by atoms with van der Waals surface area (Å²) in [5.41, 5.74) is 0.0265. The molecular formula is C23H19F5N2O2. The lowest BCUT2D eigenvalue weighted by molar-refractivity contribution is -0.137. The number of nitrogens with zero attached hydrogens (tertiary/aromatic N) is 2. The van der Waals surface area contributed by atoms with E-state index in [2.05, 4.69) is 4.98 Å². The van der Waals surface area contributed by atoms with Gasteiger partial charge in [-0.05, 0) is 54.4 Å². The van der Waals surface area contributed by atoms with Crippen LogP contribution in [0.5, 0.6) is 0 Å². The third-order valence-corrected chi connectivity index (χ3v) is 4.90. The van der Waals surface area contributed by atoms with E-state index in [4.69, 9.17) is 0 Å². The monoisotopic (exact) mass is 450 g/mol. The summed E-state index contributed by atoms with van der Waals surface area (Å²) in [5.74, 6) is -1.91. The minimum absolute atomic E-state index is 0.0511. The van der Waals surface area contributed by atoms with E-state index >= 15 is 0 Å². The number of hydrogen-bond donors (Lipinski definition) is 1. The molecule has 0 fully saturated rings. The van der Waals surface area contributed by atoms with Gasteiger partial charge < -0.3 is 10.0 Å². The number of aryl methyl sites for hydroxylation is 1. The normalized spacial score (nSPS) is 12.5. The van der Waals surface area contributed by atoms with Crippen molar-refractivity contribution in [1.82, 2.24) is 4.98 Å². The lowest BCUT2D eigenvalue weighted by Gasteiger charge is -2.26. The number of carbonyl (C=O) groups is 1. The van der Waals surface area contributed by atoms with Gasteiger partial charge in [-0.3, -0.25) is 9.78 Å². The topological polar surface area (TPSA) is 53.4 Å². The number of pyridine rings is 1. The Bertz CT molecular complexity index is 1080. The fourth-order valence-corrected chi connectivity index (χ4v) is 3.02. The van der Waals surface area contributed by atoms with Crippen LogP contribution in [0.25, 0.3) is 0 Å². The predicted molar refractivity (Wildman–Crippen MR) is 108 cm³/mol. The van der Waals surface area contributed by atoms with Gasteiger partial charge in [0.2, 0.25) is 0 Å². The van der Waals surface area contributed by atoms with Gasteiger partial charge in [0, 0.05) is 30.5 Å². The van der Waals surface area contributed by atoms with Gasteiger partial charge in [0.25, 0.3) is 5.91 Å². The lowest BCUT2D eigenvalue weighted by Crippen LogP contribution is -2.37. The molecule has 9 heteroatoms. The summed E-state index contributed by atoms with van der Waals surface area (Å²) in [6.07, 6.45) is -5.43. The quantitative estimate of drug-likeness (QED) is 0.538. The molecule has 1 amide bonds. The first-order valence-corrected chi connectivity index (χ1v) is 9.59. The van der Waals surface area contributed by atoms with Crippen LogP contribution in [0.15, 0.2) is 60.8 Å². The zero-order valence-corrected chi connectivity index (χ0v) is 16.9. The molecule has 0 saturated heterocycles. The SMILES string of the molecule is Cc1ccc(N(CCc2ccc(C(F)(F)F)cn2)C(=O)[C@H](O)c2ccc(F)cc2)cc1F. The maximum Gasteiger partial charge on any atom is 0.417 e. The number of rotatable bonds is 6. The first kappa shape index (κ1) is 23.3. The van der Waals surface area contributed by atoms with Crippen LogP contribution in [0.4, 0.5) is 27.6 Å². The average Bonchev–Trinajstić information content (AvgIpc) is 2.76. The van der Waals surface area contributed by atoms with Crippen LogP contribution in [0.2, 0.25) is 0 Å². The van der Waals surface area contributed by atoms with Crippen LogP contribution in [-0.4, -0.2) is 22.5 Å². The molecule has 1 aromatic heterocycles. The van der Waals surface area contributed by atoms with Crippen molar-refractivity contribution in [2.75, 3.05) is 11.4 Å². The van der Waals surface area contributed by atoms with Crippen molar-refractivity contribution < 1.29 is 31.9 Å². The lowest BCUT2D eigenvalue weighted by atomic mass is 10.1. The molecule has 0 bridgehead atoms. The van der Waals surface area contributed by atoms with Crippen LogP contribution in [0.3, 0.4) is 0 Å². The predicted octanol–water partition coefficient (Wildman–Crippen LogP) is 5.00. The number of hydrogen-bond acceptors (Lipinski definition) is 3. The molecule has 1 N–H and O–H groups in total. The zero-order valence-electron chi connectivity index (χ0n) is 16.9. The summed E-state index contributed by atoms with van der Waals surface area (Å²) in [5, 5.41) is 10.5. The molecule has 2 aromatic carbocycles. The Labute approximate surface area is 180 Å². The maximum atomic E-state index is 14.1. The highest BCUT2D eigenvalue weighted by molar-refractivity contribution is 5.97. The number of halogens is 5. The van der Waals surface area contributed by atoms with Crippen LogP contribution in [0, 0.1) is 18.6 Å². The minimum Gasteiger partial charge on any atom is -0.378 e. The van der Waals surface area contributed by atoms with Crippen molar-refractivity contribution in [3.8, 4) is 0 Å². The molecule has 0 unspecified atom stereocenters. The molecule has 3 aromatic rings. The van der Waals surface area contributed by atoms with Gasteiger partial charge in [0.15, 0.2) is 6.10 Å². The van der Waals surface area contributed by atoms with E-state index in [1.807, 2.05) is 0 Å². The molecule has 0 aliphatic heterocycles. The van der Waals surface area contributed by atoms with Crippen molar-refractivity contribution in [3.05, 3.63) is 94.8 Å². The molecule has 0 saturated carbocycles. The second-order valence-corrected chi connectivity index (χ2v) is 7.16. The highest BCUT2D eigenvalue weighted by atomic mass is 19.4. The van der Waals surface area contributed by atoms with Gasteiger partial charge in [0.05, 0.1) is 5.56 Å². The number of alkyl halides is 3. The van der Waals surface area contributed by atoms with Crippen LogP contribution in [0.1, 0.15) is 28.5 Å². The molecule has 4 nitrogen and oxygen atoms in total. The molecular weight excluding hydrogens is 431 g/mol. The van der Waals surface area contributed by atoms with Gasteiger partial charge in [-0.2, -0.15) is 13.2 Å². The summed E-state index contributed by atoms with van der Waals surface area (Å²) >= 11 is 0. The van der Waals surface area contributed by atoms with Crippen molar-refractivity contribution in [2.45, 2.75) is 25.6 Å². The summed E-state index contributed by atoms with van der Waals surface area (Å²) in [6, 6.07) is 10.9. The van der Waals surface area contributed by atoms with E-state index in [1.54, 1.807) is 6.92 Å². The number of aromatic nitrogens is 1. The van der Waals surface area contributed by atoms with Gasteiger partial charge in [-0.25, -0.2) is 8.78 Å². The van der Waals surface area contributed by atoms with Gasteiger partial charge >= 0.3 is 6.18 Å². The number of aliphatic hydroxyl groups is 1. The number of amides is 1. The van der Waals surface area contributed by atoms with Crippen molar-refractivity contribution >= 4 is 11.6 Å². The van der Waals surface area contributed by atoms with E-state index < -0.39 is 35.4 Å². The van der Waals surface area contributed by atoms with Crippen LogP contribution >= 0.6 is 0 Å². The smallest absolute Gasteiger partial charge is 0.378 e. The first-order chi connectivity index (χ1) is 15.1. The first-order valence-electron chi connectivity index (χ1n) is 9.59. The number of benzene rings is 2. The third kappa shape index (κ3) is 5.47. The fraction of sp³-hybridized carbons (Fsp3) is 0.217. The number of carbonyl (C=O) groups excluding carboxylic acids is 1. The zero-order chi connectivity index (χ0) is 23.5.